The van der Waals surface area contributed by atoms with Gasteiger partial charge in [-0.1, -0.05) is 0 Å². The molecule has 0 spiro atoms. The molecular weight excluding hydrogens is 166 g/mol. The minimum Gasteiger partial charge on any atom is -0.481 e. The summed E-state index contributed by atoms with van der Waals surface area (Å²) in [5.41, 5.74) is 0. The highest BCUT2D eigenvalue weighted by atomic mass is 16.5. The van der Waals surface area contributed by atoms with E-state index in [2.05, 4.69) is 29.1 Å². The molecule has 0 radical (unpaired) electrons. The Bertz CT molecular complexity index is 286. The minimum atomic E-state index is 0.360. The van der Waals surface area contributed by atoms with Crippen LogP contribution in [-0.4, -0.2) is 23.1 Å². The zero-order valence-electron chi connectivity index (χ0n) is 8.46. The second-order valence-electron chi connectivity index (χ2n) is 3.14. The highest BCUT2D eigenvalue weighted by Gasteiger charge is 2.02. The minimum absolute atomic E-state index is 0.360. The Kier molecular flexibility index (Phi) is 3.06. The van der Waals surface area contributed by atoms with Crippen molar-refractivity contribution in [2.75, 3.05) is 12.4 Å². The van der Waals surface area contributed by atoms with Gasteiger partial charge < -0.3 is 10.1 Å². The summed E-state index contributed by atoms with van der Waals surface area (Å²) in [6, 6.07) is 2.14. The van der Waals surface area contributed by atoms with E-state index >= 15 is 0 Å². The Morgan fingerprint density at radius 1 is 1.38 bits per heavy atom. The maximum Gasteiger partial charge on any atom is 0.218 e. The number of hydrogen-bond acceptors (Lipinski definition) is 4. The topological polar surface area (TPSA) is 47.0 Å². The summed E-state index contributed by atoms with van der Waals surface area (Å²) in [7, 11) is 1.60. The summed E-state index contributed by atoms with van der Waals surface area (Å²) in [5, 5.41) is 3.19. The molecule has 0 fully saturated rings. The average Bonchev–Trinajstić information content (AvgIpc) is 2.01. The molecule has 0 aliphatic heterocycles. The monoisotopic (exact) mass is 181 g/mol. The number of ether oxygens (including phenoxy) is 1. The van der Waals surface area contributed by atoms with E-state index in [9.17, 15) is 0 Å². The molecule has 72 valence electrons. The lowest BCUT2D eigenvalue weighted by Gasteiger charge is -2.10. The number of hydrogen-bond donors (Lipinski definition) is 1. The fraction of sp³-hybridized carbons (Fsp3) is 0.556. The van der Waals surface area contributed by atoms with Gasteiger partial charge in [0.2, 0.25) is 5.88 Å². The van der Waals surface area contributed by atoms with Crippen molar-refractivity contribution < 1.29 is 4.74 Å². The quantitative estimate of drug-likeness (QED) is 0.769. The zero-order chi connectivity index (χ0) is 9.84. The highest BCUT2D eigenvalue weighted by Crippen LogP contribution is 2.13. The summed E-state index contributed by atoms with van der Waals surface area (Å²) in [4.78, 5) is 8.31. The summed E-state index contributed by atoms with van der Waals surface area (Å²) in [6.45, 7) is 5.96. The lowest BCUT2D eigenvalue weighted by atomic mass is 10.4. The first-order valence-electron chi connectivity index (χ1n) is 4.28. The largest absolute Gasteiger partial charge is 0.481 e. The second-order valence-corrected chi connectivity index (χ2v) is 3.14. The predicted molar refractivity (Wildman–Crippen MR) is 52.1 cm³/mol. The maximum absolute atomic E-state index is 5.03. The molecular formula is C9H15N3O. The Hall–Kier alpha value is -1.32. The lowest BCUT2D eigenvalue weighted by molar-refractivity contribution is 0.396. The van der Waals surface area contributed by atoms with Crippen LogP contribution in [0.15, 0.2) is 6.07 Å². The molecule has 0 bridgehead atoms. The van der Waals surface area contributed by atoms with Crippen LogP contribution >= 0.6 is 0 Å². The molecule has 0 saturated carbocycles. The molecule has 0 amide bonds. The molecule has 0 unspecified atom stereocenters. The van der Waals surface area contributed by atoms with Crippen molar-refractivity contribution in [3.05, 3.63) is 11.9 Å². The van der Waals surface area contributed by atoms with Gasteiger partial charge in [-0.25, -0.2) is 4.98 Å². The van der Waals surface area contributed by atoms with Crippen LogP contribution in [0.4, 0.5) is 5.82 Å². The van der Waals surface area contributed by atoms with E-state index in [1.807, 2.05) is 6.92 Å². The predicted octanol–water partition coefficient (Wildman–Crippen LogP) is 1.61. The van der Waals surface area contributed by atoms with Crippen molar-refractivity contribution in [2.24, 2.45) is 0 Å². The first-order valence-corrected chi connectivity index (χ1v) is 4.28. The van der Waals surface area contributed by atoms with Crippen LogP contribution in [0.25, 0.3) is 0 Å². The molecule has 1 aromatic heterocycles. The normalized spacial score (nSPS) is 10.2. The van der Waals surface area contributed by atoms with Crippen molar-refractivity contribution in [2.45, 2.75) is 26.8 Å². The first-order chi connectivity index (χ1) is 6.11. The Balaban J connectivity index is 2.88. The molecule has 1 rings (SSSR count). The summed E-state index contributed by atoms with van der Waals surface area (Å²) in [5.74, 6) is 2.11. The van der Waals surface area contributed by atoms with Crippen molar-refractivity contribution in [1.82, 2.24) is 9.97 Å². The van der Waals surface area contributed by atoms with E-state index in [-0.39, 0.29) is 0 Å². The van der Waals surface area contributed by atoms with Gasteiger partial charge in [-0.2, -0.15) is 4.98 Å². The van der Waals surface area contributed by atoms with E-state index < -0.39 is 0 Å². The standard InChI is InChI=1S/C9H15N3O/c1-6(2)10-8-5-9(13-4)12-7(3)11-8/h5-6H,1-4H3,(H,10,11,12). The Morgan fingerprint density at radius 2 is 2.08 bits per heavy atom. The van der Waals surface area contributed by atoms with E-state index in [0.29, 0.717) is 17.7 Å². The number of nitrogens with zero attached hydrogens (tertiary/aromatic N) is 2. The van der Waals surface area contributed by atoms with Crippen LogP contribution in [0, 0.1) is 6.92 Å². The van der Waals surface area contributed by atoms with Gasteiger partial charge in [0.1, 0.15) is 11.6 Å². The fourth-order valence-corrected chi connectivity index (χ4v) is 1.01. The lowest BCUT2D eigenvalue weighted by Crippen LogP contribution is -2.12. The van der Waals surface area contributed by atoms with Gasteiger partial charge in [0.25, 0.3) is 0 Å². The van der Waals surface area contributed by atoms with Crippen LogP contribution in [0.1, 0.15) is 19.7 Å². The van der Waals surface area contributed by atoms with Crippen molar-refractivity contribution in [3.63, 3.8) is 0 Å². The first kappa shape index (κ1) is 9.77. The Labute approximate surface area is 78.4 Å². The zero-order valence-corrected chi connectivity index (χ0v) is 8.46. The van der Waals surface area contributed by atoms with Crippen molar-refractivity contribution in [3.8, 4) is 5.88 Å². The number of aryl methyl sites for hydroxylation is 1. The van der Waals surface area contributed by atoms with Gasteiger partial charge in [-0.15, -0.1) is 0 Å². The third-order valence-electron chi connectivity index (χ3n) is 1.46. The molecule has 0 aliphatic rings. The molecule has 0 atom stereocenters. The van der Waals surface area contributed by atoms with Crippen LogP contribution in [0.2, 0.25) is 0 Å². The maximum atomic E-state index is 5.03. The molecule has 4 nitrogen and oxygen atoms in total. The number of aromatic nitrogens is 2. The molecule has 1 aromatic rings. The summed E-state index contributed by atoms with van der Waals surface area (Å²) < 4.78 is 5.03. The van der Waals surface area contributed by atoms with E-state index in [1.165, 1.54) is 0 Å². The molecule has 13 heavy (non-hydrogen) atoms. The number of anilines is 1. The fourth-order valence-electron chi connectivity index (χ4n) is 1.01. The van der Waals surface area contributed by atoms with Crippen LogP contribution in [0.5, 0.6) is 5.88 Å². The third kappa shape index (κ3) is 2.89. The van der Waals surface area contributed by atoms with Gasteiger partial charge in [0.05, 0.1) is 7.11 Å². The summed E-state index contributed by atoms with van der Waals surface area (Å²) >= 11 is 0. The van der Waals surface area contributed by atoms with Gasteiger partial charge in [-0.3, -0.25) is 0 Å². The molecule has 1 heterocycles. The van der Waals surface area contributed by atoms with Gasteiger partial charge in [0, 0.05) is 12.1 Å². The smallest absolute Gasteiger partial charge is 0.218 e. The van der Waals surface area contributed by atoms with Crippen molar-refractivity contribution >= 4 is 5.82 Å². The number of nitrogens with one attached hydrogen (secondary N) is 1. The number of rotatable bonds is 3. The van der Waals surface area contributed by atoms with Gasteiger partial charge in [-0.05, 0) is 20.8 Å². The van der Waals surface area contributed by atoms with Crippen LogP contribution in [-0.2, 0) is 0 Å². The van der Waals surface area contributed by atoms with E-state index in [0.717, 1.165) is 5.82 Å². The second kappa shape index (κ2) is 4.07. The number of methoxy groups -OCH3 is 1. The molecule has 4 heteroatoms. The van der Waals surface area contributed by atoms with Gasteiger partial charge in [0.15, 0.2) is 0 Å². The molecule has 0 aromatic carbocycles. The van der Waals surface area contributed by atoms with E-state index in [1.54, 1.807) is 13.2 Å². The Morgan fingerprint density at radius 3 is 2.62 bits per heavy atom. The summed E-state index contributed by atoms with van der Waals surface area (Å²) in [6.07, 6.45) is 0. The van der Waals surface area contributed by atoms with E-state index in [4.69, 9.17) is 4.74 Å². The van der Waals surface area contributed by atoms with Crippen LogP contribution < -0.4 is 10.1 Å². The molecule has 0 saturated heterocycles. The SMILES string of the molecule is COc1cc(NC(C)C)nc(C)n1. The molecule has 0 aliphatic carbocycles. The van der Waals surface area contributed by atoms with Gasteiger partial charge >= 0.3 is 0 Å². The third-order valence-corrected chi connectivity index (χ3v) is 1.46. The average molecular weight is 181 g/mol. The van der Waals surface area contributed by atoms with Crippen molar-refractivity contribution in [1.29, 1.82) is 0 Å². The molecule has 1 N–H and O–H groups in total. The highest BCUT2D eigenvalue weighted by molar-refractivity contribution is 5.38. The van der Waals surface area contributed by atoms with Crippen LogP contribution in [0.3, 0.4) is 0 Å².